The zero-order valence-corrected chi connectivity index (χ0v) is 19.7. The topological polar surface area (TPSA) is 102 Å². The van der Waals surface area contributed by atoms with Crippen molar-refractivity contribution < 1.29 is 9.53 Å². The van der Waals surface area contributed by atoms with Gasteiger partial charge in [0.1, 0.15) is 5.82 Å². The average molecular weight is 460 g/mol. The van der Waals surface area contributed by atoms with Gasteiger partial charge in [-0.3, -0.25) is 0 Å². The van der Waals surface area contributed by atoms with Gasteiger partial charge in [-0.25, -0.2) is 14.9 Å². The predicted molar refractivity (Wildman–Crippen MR) is 130 cm³/mol. The molecular weight excluding hydrogens is 430 g/mol. The Bertz CT molecular complexity index is 1220. The van der Waals surface area contributed by atoms with Crippen LogP contribution in [0.25, 0.3) is 22.5 Å². The molecule has 0 unspecified atom stereocenters. The number of nitrogens with one attached hydrogen (secondary N) is 1. The van der Waals surface area contributed by atoms with Gasteiger partial charge in [0.25, 0.3) is 0 Å². The Kier molecular flexibility index (Phi) is 7.31. The van der Waals surface area contributed by atoms with E-state index in [0.717, 1.165) is 47.5 Å². The fraction of sp³-hybridized carbons (Fsp3) is 0.320. The third kappa shape index (κ3) is 4.98. The summed E-state index contributed by atoms with van der Waals surface area (Å²) in [5.74, 6) is 1.01. The summed E-state index contributed by atoms with van der Waals surface area (Å²) in [6, 6.07) is 16.5. The second-order valence-corrected chi connectivity index (χ2v) is 8.02. The molecule has 1 N–H and O–H groups in total. The Hall–Kier alpha value is -4.01. The number of hydrogen-bond donors (Lipinski definition) is 1. The zero-order valence-electron chi connectivity index (χ0n) is 19.7. The van der Waals surface area contributed by atoms with Gasteiger partial charge in [-0.2, -0.15) is 0 Å². The molecule has 34 heavy (non-hydrogen) atoms. The first-order valence-corrected chi connectivity index (χ1v) is 11.5. The number of ether oxygens (including phenoxy) is 1. The number of rotatable bonds is 10. The number of carbonyl (C=O) groups is 1. The number of aromatic amines is 1. The molecule has 0 atom stereocenters. The molecule has 0 saturated carbocycles. The number of carbonyl (C=O) groups excluding carboxylic acids is 1. The van der Waals surface area contributed by atoms with Crippen molar-refractivity contribution in [3.63, 3.8) is 0 Å². The van der Waals surface area contributed by atoms with Gasteiger partial charge in [-0.15, -0.1) is 5.10 Å². The van der Waals surface area contributed by atoms with E-state index in [4.69, 9.17) is 4.74 Å². The van der Waals surface area contributed by atoms with E-state index in [9.17, 15) is 4.79 Å². The van der Waals surface area contributed by atoms with Gasteiger partial charge in [-0.05, 0) is 40.5 Å². The summed E-state index contributed by atoms with van der Waals surface area (Å²) in [6.07, 6.45) is 3.72. The quantitative estimate of drug-likeness (QED) is 0.354. The highest BCUT2D eigenvalue weighted by Crippen LogP contribution is 2.30. The second kappa shape index (κ2) is 10.7. The van der Waals surface area contributed by atoms with Crippen molar-refractivity contribution in [2.24, 2.45) is 7.05 Å². The van der Waals surface area contributed by atoms with Crippen molar-refractivity contribution in [3.8, 4) is 22.5 Å². The van der Waals surface area contributed by atoms with Crippen molar-refractivity contribution in [2.45, 2.75) is 33.2 Å². The second-order valence-electron chi connectivity index (χ2n) is 8.02. The van der Waals surface area contributed by atoms with Gasteiger partial charge in [-0.1, -0.05) is 61.9 Å². The summed E-state index contributed by atoms with van der Waals surface area (Å²) in [6.45, 7) is 5.74. The Morgan fingerprint density at radius 1 is 1.09 bits per heavy atom. The predicted octanol–water partition coefficient (Wildman–Crippen LogP) is 4.25. The minimum absolute atomic E-state index is 0.316. The number of hydrogen-bond acceptors (Lipinski definition) is 7. The van der Waals surface area contributed by atoms with Gasteiger partial charge in [0.2, 0.25) is 0 Å². The summed E-state index contributed by atoms with van der Waals surface area (Å²) in [7, 11) is 1.91. The van der Waals surface area contributed by atoms with Crippen LogP contribution in [0.2, 0.25) is 0 Å². The lowest BCUT2D eigenvalue weighted by molar-refractivity contribution is 0.0520. The van der Waals surface area contributed by atoms with Crippen LogP contribution in [-0.2, 0) is 18.3 Å². The highest BCUT2D eigenvalue weighted by atomic mass is 16.5. The van der Waals surface area contributed by atoms with Crippen LogP contribution in [0.15, 0.2) is 54.9 Å². The molecule has 0 aliphatic carbocycles. The molecule has 9 heteroatoms. The van der Waals surface area contributed by atoms with E-state index in [1.807, 2.05) is 29.8 Å². The molecule has 0 aliphatic heterocycles. The molecule has 0 amide bonds. The largest absolute Gasteiger partial charge is 0.461 e. The van der Waals surface area contributed by atoms with Crippen LogP contribution in [0.3, 0.4) is 0 Å². The smallest absolute Gasteiger partial charge is 0.360 e. The molecule has 4 aromatic rings. The molecule has 176 valence electrons. The van der Waals surface area contributed by atoms with Crippen molar-refractivity contribution in [3.05, 3.63) is 66.1 Å². The number of H-pyrrole nitrogens is 1. The highest BCUT2D eigenvalue weighted by Gasteiger charge is 2.23. The maximum absolute atomic E-state index is 12.5. The molecule has 2 aromatic carbocycles. The van der Waals surface area contributed by atoms with Gasteiger partial charge in [0.05, 0.1) is 12.9 Å². The number of aromatic nitrogens is 6. The molecule has 4 rings (SSSR count). The number of esters is 1. The molecular formula is C25H29N7O2. The SMILES string of the molecule is CCCCN(Cc1ccc(-c2ccccc2-c2nnn[nH]2)cc1)c1c(C(=O)OCC)ncn1C. The average Bonchev–Trinajstić information content (AvgIpc) is 3.53. The lowest BCUT2D eigenvalue weighted by Crippen LogP contribution is -2.28. The molecule has 2 heterocycles. The van der Waals surface area contributed by atoms with Crippen LogP contribution < -0.4 is 4.90 Å². The summed E-state index contributed by atoms with van der Waals surface area (Å²) in [5, 5.41) is 14.3. The van der Waals surface area contributed by atoms with Crippen LogP contribution in [0, 0.1) is 0 Å². The van der Waals surface area contributed by atoms with E-state index >= 15 is 0 Å². The normalized spacial score (nSPS) is 10.9. The number of aryl methyl sites for hydroxylation is 1. The first-order valence-electron chi connectivity index (χ1n) is 11.5. The van der Waals surface area contributed by atoms with E-state index in [1.54, 1.807) is 13.3 Å². The standard InChI is InChI=1S/C25H29N7O2/c1-4-6-15-32(24-22(25(33)34-5-2)26-17-31(24)3)16-18-11-13-19(14-12-18)20-9-7-8-10-21(20)23-27-29-30-28-23/h7-14,17H,4-6,15-16H2,1-3H3,(H,27,28,29,30). The van der Waals surface area contributed by atoms with Crippen LogP contribution >= 0.6 is 0 Å². The Morgan fingerprint density at radius 2 is 1.85 bits per heavy atom. The fourth-order valence-electron chi connectivity index (χ4n) is 3.97. The Balaban J connectivity index is 1.61. The van der Waals surface area contributed by atoms with Crippen molar-refractivity contribution in [2.75, 3.05) is 18.1 Å². The molecule has 2 aromatic heterocycles. The third-order valence-corrected chi connectivity index (χ3v) is 5.62. The molecule has 0 saturated heterocycles. The minimum Gasteiger partial charge on any atom is -0.461 e. The van der Waals surface area contributed by atoms with Gasteiger partial charge < -0.3 is 14.2 Å². The van der Waals surface area contributed by atoms with Crippen molar-refractivity contribution in [1.29, 1.82) is 0 Å². The summed E-state index contributed by atoms with van der Waals surface area (Å²) >= 11 is 0. The van der Waals surface area contributed by atoms with E-state index in [2.05, 4.69) is 67.8 Å². The number of anilines is 1. The molecule has 0 fully saturated rings. The van der Waals surface area contributed by atoms with E-state index in [-0.39, 0.29) is 0 Å². The number of nitrogens with zero attached hydrogens (tertiary/aromatic N) is 6. The van der Waals surface area contributed by atoms with Crippen LogP contribution in [-0.4, -0.2) is 49.3 Å². The van der Waals surface area contributed by atoms with Crippen molar-refractivity contribution in [1.82, 2.24) is 30.2 Å². The van der Waals surface area contributed by atoms with E-state index in [1.165, 1.54) is 0 Å². The molecule has 0 aliphatic rings. The number of imidazole rings is 1. The van der Waals surface area contributed by atoms with Gasteiger partial charge in [0.15, 0.2) is 11.5 Å². The van der Waals surface area contributed by atoms with Crippen LogP contribution in [0.1, 0.15) is 42.7 Å². The van der Waals surface area contributed by atoms with Crippen molar-refractivity contribution >= 4 is 11.8 Å². The lowest BCUT2D eigenvalue weighted by Gasteiger charge is -2.26. The Labute approximate surface area is 198 Å². The highest BCUT2D eigenvalue weighted by molar-refractivity contribution is 5.93. The molecule has 0 spiro atoms. The third-order valence-electron chi connectivity index (χ3n) is 5.62. The Morgan fingerprint density at radius 3 is 2.53 bits per heavy atom. The maximum atomic E-state index is 12.5. The maximum Gasteiger partial charge on any atom is 0.360 e. The van der Waals surface area contributed by atoms with E-state index in [0.29, 0.717) is 24.7 Å². The fourth-order valence-corrected chi connectivity index (χ4v) is 3.97. The first kappa shape index (κ1) is 23.2. The number of benzene rings is 2. The zero-order chi connectivity index (χ0) is 23.9. The lowest BCUT2D eigenvalue weighted by atomic mass is 9.98. The first-order chi connectivity index (χ1) is 16.6. The number of tetrazole rings is 1. The minimum atomic E-state index is -0.395. The van der Waals surface area contributed by atoms with Crippen LogP contribution in [0.4, 0.5) is 5.82 Å². The van der Waals surface area contributed by atoms with Gasteiger partial charge >= 0.3 is 5.97 Å². The summed E-state index contributed by atoms with van der Waals surface area (Å²) in [4.78, 5) is 19.0. The summed E-state index contributed by atoms with van der Waals surface area (Å²) in [5.41, 5.74) is 4.55. The van der Waals surface area contributed by atoms with E-state index < -0.39 is 5.97 Å². The molecule has 0 bridgehead atoms. The monoisotopic (exact) mass is 459 g/mol. The molecule has 0 radical (unpaired) electrons. The molecule has 9 nitrogen and oxygen atoms in total. The number of unbranched alkanes of at least 4 members (excludes halogenated alkanes) is 1. The van der Waals surface area contributed by atoms with Gasteiger partial charge in [0, 0.05) is 25.7 Å². The van der Waals surface area contributed by atoms with Crippen LogP contribution in [0.5, 0.6) is 0 Å². The summed E-state index contributed by atoms with van der Waals surface area (Å²) < 4.78 is 7.12.